The van der Waals surface area contributed by atoms with Gasteiger partial charge in [0.2, 0.25) is 5.91 Å². The van der Waals surface area contributed by atoms with Gasteiger partial charge >= 0.3 is 0 Å². The summed E-state index contributed by atoms with van der Waals surface area (Å²) in [6.07, 6.45) is 12.0. The van der Waals surface area contributed by atoms with E-state index in [9.17, 15) is 4.79 Å². The molecule has 0 spiro atoms. The van der Waals surface area contributed by atoms with Crippen LogP contribution in [0.3, 0.4) is 0 Å². The van der Waals surface area contributed by atoms with Crippen molar-refractivity contribution in [3.8, 4) is 0 Å². The van der Waals surface area contributed by atoms with Crippen LogP contribution in [0.25, 0.3) is 10.9 Å². The molecule has 0 unspecified atom stereocenters. The SMILES string of the molecule is Cn1cc(CN2CCC[C@H]([C@@H](NC(=O)CC3CCCC3)c3ccccn3)C2)c2ccccc21. The fraction of sp³-hybridized carbons (Fsp3) is 0.500. The average Bonchev–Trinajstić information content (AvgIpc) is 3.46. The van der Waals surface area contributed by atoms with Gasteiger partial charge in [0.15, 0.2) is 0 Å². The number of nitrogens with one attached hydrogen (secondary N) is 1. The van der Waals surface area contributed by atoms with Crippen LogP contribution in [0.15, 0.2) is 54.9 Å². The lowest BCUT2D eigenvalue weighted by molar-refractivity contribution is -0.123. The van der Waals surface area contributed by atoms with Gasteiger partial charge in [-0.05, 0) is 67.8 Å². The third-order valence-corrected chi connectivity index (χ3v) is 7.66. The number of aryl methyl sites for hydroxylation is 1. The third-order valence-electron chi connectivity index (χ3n) is 7.66. The third kappa shape index (κ3) is 5.14. The van der Waals surface area contributed by atoms with Crippen LogP contribution in [0.2, 0.25) is 0 Å². The predicted octanol–water partition coefficient (Wildman–Crippen LogP) is 5.22. The van der Waals surface area contributed by atoms with Gasteiger partial charge in [-0.2, -0.15) is 0 Å². The van der Waals surface area contributed by atoms with Crippen molar-refractivity contribution in [2.45, 2.75) is 57.5 Å². The maximum Gasteiger partial charge on any atom is 0.220 e. The van der Waals surface area contributed by atoms with Gasteiger partial charge < -0.3 is 9.88 Å². The Labute approximate surface area is 197 Å². The van der Waals surface area contributed by atoms with E-state index in [1.54, 1.807) is 0 Å². The van der Waals surface area contributed by atoms with E-state index in [1.165, 1.54) is 42.1 Å². The highest BCUT2D eigenvalue weighted by Gasteiger charge is 2.31. The normalized spacial score (nSPS) is 20.8. The standard InChI is InChI=1S/C28H36N4O/c1-31-18-23(24-12-4-5-14-26(24)31)20-32-16-8-11-22(19-32)28(25-13-6-7-15-29-25)30-27(33)17-21-9-2-3-10-21/h4-7,12-15,18,21-22,28H,2-3,8-11,16-17,19-20H2,1H3,(H,30,33)/t22-,28+/m0/s1. The number of carbonyl (C=O) groups is 1. The zero-order chi connectivity index (χ0) is 22.6. The molecule has 1 saturated heterocycles. The summed E-state index contributed by atoms with van der Waals surface area (Å²) in [7, 11) is 2.13. The monoisotopic (exact) mass is 444 g/mol. The van der Waals surface area contributed by atoms with Crippen molar-refractivity contribution in [1.29, 1.82) is 0 Å². The van der Waals surface area contributed by atoms with Crippen LogP contribution < -0.4 is 5.32 Å². The number of nitrogens with zero attached hydrogens (tertiary/aromatic N) is 3. The van der Waals surface area contributed by atoms with Gasteiger partial charge in [0.1, 0.15) is 0 Å². The first-order chi connectivity index (χ1) is 16.2. The lowest BCUT2D eigenvalue weighted by Gasteiger charge is -2.37. The van der Waals surface area contributed by atoms with Gasteiger partial charge in [-0.3, -0.25) is 14.7 Å². The Morgan fingerprint density at radius 1 is 1.09 bits per heavy atom. The predicted molar refractivity (Wildman–Crippen MR) is 133 cm³/mol. The quantitative estimate of drug-likeness (QED) is 0.543. The number of carbonyl (C=O) groups excluding carboxylic acids is 1. The zero-order valence-corrected chi connectivity index (χ0v) is 19.7. The summed E-state index contributed by atoms with van der Waals surface area (Å²) in [6.45, 7) is 3.03. The number of piperidine rings is 1. The molecule has 5 rings (SSSR count). The van der Waals surface area contributed by atoms with Gasteiger partial charge in [0.25, 0.3) is 0 Å². The molecule has 1 aromatic carbocycles. The minimum atomic E-state index is -0.0181. The van der Waals surface area contributed by atoms with Crippen molar-refractivity contribution in [1.82, 2.24) is 19.8 Å². The number of pyridine rings is 1. The highest BCUT2D eigenvalue weighted by Crippen LogP contribution is 2.32. The van der Waals surface area contributed by atoms with E-state index in [0.29, 0.717) is 18.3 Å². The molecule has 3 aromatic rings. The van der Waals surface area contributed by atoms with Gasteiger partial charge in [-0.1, -0.05) is 37.1 Å². The zero-order valence-electron chi connectivity index (χ0n) is 19.7. The number of likely N-dealkylation sites (tertiary alicyclic amines) is 1. The fourth-order valence-corrected chi connectivity index (χ4v) is 6.00. The molecule has 5 heteroatoms. The number of hydrogen-bond acceptors (Lipinski definition) is 3. The highest BCUT2D eigenvalue weighted by atomic mass is 16.1. The lowest BCUT2D eigenvalue weighted by Crippen LogP contribution is -2.43. The molecule has 174 valence electrons. The number of hydrogen-bond donors (Lipinski definition) is 1. The molecule has 33 heavy (non-hydrogen) atoms. The van der Waals surface area contributed by atoms with E-state index in [4.69, 9.17) is 0 Å². The van der Waals surface area contributed by atoms with Crippen molar-refractivity contribution < 1.29 is 4.79 Å². The van der Waals surface area contributed by atoms with Gasteiger partial charge in [0.05, 0.1) is 11.7 Å². The van der Waals surface area contributed by atoms with Crippen molar-refractivity contribution in [3.05, 3.63) is 66.1 Å². The van der Waals surface area contributed by atoms with E-state index in [0.717, 1.165) is 38.2 Å². The van der Waals surface area contributed by atoms with E-state index >= 15 is 0 Å². The number of benzene rings is 1. The lowest BCUT2D eigenvalue weighted by atomic mass is 9.87. The van der Waals surface area contributed by atoms with E-state index in [1.807, 2.05) is 18.3 Å². The summed E-state index contributed by atoms with van der Waals surface area (Å²) >= 11 is 0. The Bertz CT molecular complexity index is 1070. The second kappa shape index (κ2) is 10.1. The van der Waals surface area contributed by atoms with Gasteiger partial charge in [-0.15, -0.1) is 0 Å². The Balaban J connectivity index is 1.31. The molecule has 1 amide bonds. The van der Waals surface area contributed by atoms with Crippen molar-refractivity contribution in [2.75, 3.05) is 13.1 Å². The van der Waals surface area contributed by atoms with Crippen molar-refractivity contribution in [3.63, 3.8) is 0 Å². The number of aromatic nitrogens is 2. The van der Waals surface area contributed by atoms with Crippen LogP contribution in [0, 0.1) is 11.8 Å². The van der Waals surface area contributed by atoms with E-state index in [2.05, 4.69) is 63.3 Å². The molecule has 2 atom stereocenters. The van der Waals surface area contributed by atoms with E-state index < -0.39 is 0 Å². The molecule has 0 bridgehead atoms. The smallest absolute Gasteiger partial charge is 0.220 e. The van der Waals surface area contributed by atoms with Crippen molar-refractivity contribution in [2.24, 2.45) is 18.9 Å². The Morgan fingerprint density at radius 3 is 2.73 bits per heavy atom. The first-order valence-electron chi connectivity index (χ1n) is 12.6. The molecule has 1 aliphatic carbocycles. The topological polar surface area (TPSA) is 50.2 Å². The van der Waals surface area contributed by atoms with Crippen LogP contribution in [0.1, 0.15) is 62.2 Å². The molecule has 2 fully saturated rings. The summed E-state index contributed by atoms with van der Waals surface area (Å²) in [5, 5.41) is 4.76. The number of fused-ring (bicyclic) bond motifs is 1. The van der Waals surface area contributed by atoms with Crippen LogP contribution >= 0.6 is 0 Å². The van der Waals surface area contributed by atoms with Crippen LogP contribution in [-0.2, 0) is 18.4 Å². The minimum absolute atomic E-state index is 0.0181. The largest absolute Gasteiger partial charge is 0.350 e. The summed E-state index contributed by atoms with van der Waals surface area (Å²) in [6, 6.07) is 14.7. The summed E-state index contributed by atoms with van der Waals surface area (Å²) in [5.74, 6) is 1.13. The highest BCUT2D eigenvalue weighted by molar-refractivity contribution is 5.83. The van der Waals surface area contributed by atoms with E-state index in [-0.39, 0.29) is 11.9 Å². The second-order valence-corrected chi connectivity index (χ2v) is 10.1. The molecule has 1 N–H and O–H groups in total. The number of para-hydroxylation sites is 1. The minimum Gasteiger partial charge on any atom is -0.350 e. The average molecular weight is 445 g/mol. The molecule has 2 aromatic heterocycles. The molecule has 3 heterocycles. The molecule has 0 radical (unpaired) electrons. The first-order valence-corrected chi connectivity index (χ1v) is 12.6. The molecule has 5 nitrogen and oxygen atoms in total. The maximum atomic E-state index is 13.0. The Morgan fingerprint density at radius 2 is 1.91 bits per heavy atom. The molecule has 2 aliphatic rings. The number of amides is 1. The maximum absolute atomic E-state index is 13.0. The summed E-state index contributed by atoms with van der Waals surface area (Å²) < 4.78 is 2.23. The van der Waals surface area contributed by atoms with Crippen LogP contribution in [-0.4, -0.2) is 33.4 Å². The molecule has 1 saturated carbocycles. The fourth-order valence-electron chi connectivity index (χ4n) is 6.00. The molecular weight excluding hydrogens is 408 g/mol. The summed E-state index contributed by atoms with van der Waals surface area (Å²) in [4.78, 5) is 20.2. The van der Waals surface area contributed by atoms with Crippen LogP contribution in [0.4, 0.5) is 0 Å². The molecular formula is C28H36N4O. The second-order valence-electron chi connectivity index (χ2n) is 10.1. The molecule has 1 aliphatic heterocycles. The van der Waals surface area contributed by atoms with Gasteiger partial charge in [0, 0.05) is 49.9 Å². The number of rotatable bonds is 7. The summed E-state index contributed by atoms with van der Waals surface area (Å²) in [5.41, 5.74) is 3.66. The van der Waals surface area contributed by atoms with Crippen LogP contribution in [0.5, 0.6) is 0 Å². The Kier molecular flexibility index (Phi) is 6.77. The Hall–Kier alpha value is -2.66. The van der Waals surface area contributed by atoms with Gasteiger partial charge in [-0.25, -0.2) is 0 Å². The first kappa shape index (κ1) is 22.1. The van der Waals surface area contributed by atoms with Crippen molar-refractivity contribution >= 4 is 16.8 Å².